The summed E-state index contributed by atoms with van der Waals surface area (Å²) in [6.07, 6.45) is -4.02. The first kappa shape index (κ1) is 20.0. The molecule has 1 heterocycles. The first-order valence-corrected chi connectivity index (χ1v) is 8.35. The number of nitrogens with one attached hydrogen (secondary N) is 2. The van der Waals surface area contributed by atoms with Crippen molar-refractivity contribution in [1.82, 2.24) is 9.78 Å². The van der Waals surface area contributed by atoms with Gasteiger partial charge in [-0.15, -0.1) is 0 Å². The van der Waals surface area contributed by atoms with Crippen molar-refractivity contribution in [3.05, 3.63) is 70.2 Å². The number of alkyl halides is 3. The van der Waals surface area contributed by atoms with E-state index in [4.69, 9.17) is 23.2 Å². The van der Waals surface area contributed by atoms with E-state index in [1.54, 1.807) is 0 Å². The summed E-state index contributed by atoms with van der Waals surface area (Å²) in [7, 11) is 0. The van der Waals surface area contributed by atoms with Gasteiger partial charge in [0.15, 0.2) is 5.69 Å². The lowest BCUT2D eigenvalue weighted by molar-refractivity contribution is -0.142. The number of nitrogens with zero attached hydrogens (tertiary/aromatic N) is 2. The first-order chi connectivity index (χ1) is 13.1. The smallest absolute Gasteiger partial charge is 0.308 e. The zero-order chi connectivity index (χ0) is 20.5. The maximum absolute atomic E-state index is 13.6. The van der Waals surface area contributed by atoms with Crippen molar-refractivity contribution >= 4 is 40.6 Å². The number of rotatable bonds is 3. The van der Waals surface area contributed by atoms with Crippen LogP contribution in [-0.2, 0) is 6.18 Å². The molecular formula is C17H10Cl2F4N4O. The molecule has 3 rings (SSSR count). The Balaban J connectivity index is 1.93. The summed E-state index contributed by atoms with van der Waals surface area (Å²) in [5, 5.41) is 8.21. The van der Waals surface area contributed by atoms with E-state index in [9.17, 15) is 22.4 Å². The van der Waals surface area contributed by atoms with Gasteiger partial charge in [0.1, 0.15) is 5.82 Å². The second kappa shape index (κ2) is 7.69. The van der Waals surface area contributed by atoms with Crippen LogP contribution in [0, 0.1) is 5.82 Å². The van der Waals surface area contributed by atoms with E-state index in [1.807, 2.05) is 0 Å². The SMILES string of the molecule is O=C(Nc1ccc(F)cc1)Nc1cnn(-c2cc(Cl)ccc2Cl)c1C(F)(F)F. The molecule has 1 aromatic heterocycles. The predicted octanol–water partition coefficient (Wildman–Crippen LogP) is 5.98. The van der Waals surface area contributed by atoms with E-state index in [2.05, 4.69) is 15.7 Å². The highest BCUT2D eigenvalue weighted by Crippen LogP contribution is 2.38. The highest BCUT2D eigenvalue weighted by Gasteiger charge is 2.39. The van der Waals surface area contributed by atoms with Gasteiger partial charge in [0.25, 0.3) is 0 Å². The molecule has 5 nitrogen and oxygen atoms in total. The van der Waals surface area contributed by atoms with Gasteiger partial charge < -0.3 is 10.6 Å². The van der Waals surface area contributed by atoms with E-state index in [-0.39, 0.29) is 21.4 Å². The summed E-state index contributed by atoms with van der Waals surface area (Å²) < 4.78 is 54.3. The number of amides is 2. The minimum absolute atomic E-state index is 0.0136. The van der Waals surface area contributed by atoms with Crippen molar-refractivity contribution < 1.29 is 22.4 Å². The molecule has 0 fully saturated rings. The van der Waals surface area contributed by atoms with Gasteiger partial charge in [-0.05, 0) is 42.5 Å². The molecule has 0 unspecified atom stereocenters. The van der Waals surface area contributed by atoms with Crippen LogP contribution in [0.25, 0.3) is 5.69 Å². The van der Waals surface area contributed by atoms with Crippen LogP contribution >= 0.6 is 23.2 Å². The van der Waals surface area contributed by atoms with Crippen molar-refractivity contribution in [2.75, 3.05) is 10.6 Å². The van der Waals surface area contributed by atoms with E-state index in [1.165, 1.54) is 30.3 Å². The standard InChI is InChI=1S/C17H10Cl2F4N4O/c18-9-1-6-12(19)14(7-9)27-15(17(21,22)23)13(8-24-27)26-16(28)25-11-4-2-10(20)3-5-11/h1-8H,(H2,25,26,28). The van der Waals surface area contributed by atoms with Crippen molar-refractivity contribution in [2.45, 2.75) is 6.18 Å². The number of aromatic nitrogens is 2. The fourth-order valence-electron chi connectivity index (χ4n) is 2.36. The number of hydrogen-bond acceptors (Lipinski definition) is 2. The van der Waals surface area contributed by atoms with Crippen molar-refractivity contribution in [3.8, 4) is 5.69 Å². The number of carbonyl (C=O) groups excluding carboxylic acids is 1. The molecule has 3 aromatic rings. The van der Waals surface area contributed by atoms with E-state index in [0.29, 0.717) is 4.68 Å². The summed E-state index contributed by atoms with van der Waals surface area (Å²) >= 11 is 11.8. The van der Waals surface area contributed by atoms with Gasteiger partial charge >= 0.3 is 12.2 Å². The molecule has 11 heteroatoms. The van der Waals surface area contributed by atoms with Gasteiger partial charge in [0.2, 0.25) is 0 Å². The number of urea groups is 1. The highest BCUT2D eigenvalue weighted by atomic mass is 35.5. The topological polar surface area (TPSA) is 59.0 Å². The Labute approximate surface area is 165 Å². The third-order valence-corrected chi connectivity index (χ3v) is 4.08. The van der Waals surface area contributed by atoms with Crippen LogP contribution in [0.5, 0.6) is 0 Å². The molecule has 2 aromatic carbocycles. The van der Waals surface area contributed by atoms with Crippen LogP contribution in [-0.4, -0.2) is 15.8 Å². The van der Waals surface area contributed by atoms with Gasteiger partial charge in [-0.25, -0.2) is 13.9 Å². The molecule has 146 valence electrons. The summed E-state index contributed by atoms with van der Waals surface area (Å²) in [4.78, 5) is 12.0. The van der Waals surface area contributed by atoms with Gasteiger partial charge in [-0.3, -0.25) is 0 Å². The summed E-state index contributed by atoms with van der Waals surface area (Å²) in [6.45, 7) is 0. The molecule has 0 saturated heterocycles. The monoisotopic (exact) mass is 432 g/mol. The second-order valence-electron chi connectivity index (χ2n) is 5.50. The fraction of sp³-hybridized carbons (Fsp3) is 0.0588. The number of halogens is 6. The van der Waals surface area contributed by atoms with E-state index < -0.39 is 29.4 Å². The molecule has 0 aliphatic heterocycles. The van der Waals surface area contributed by atoms with Crippen LogP contribution in [0.1, 0.15) is 5.69 Å². The minimum atomic E-state index is -4.86. The molecule has 0 atom stereocenters. The highest BCUT2D eigenvalue weighted by molar-refractivity contribution is 6.34. The molecule has 2 amide bonds. The normalized spacial score (nSPS) is 11.4. The Morgan fingerprint density at radius 1 is 1.04 bits per heavy atom. The average molecular weight is 433 g/mol. The maximum Gasteiger partial charge on any atom is 0.435 e. The number of carbonyl (C=O) groups is 1. The van der Waals surface area contributed by atoms with Crippen LogP contribution in [0.2, 0.25) is 10.0 Å². The molecule has 0 radical (unpaired) electrons. The van der Waals surface area contributed by atoms with Gasteiger partial charge in [0.05, 0.1) is 22.6 Å². The summed E-state index contributed by atoms with van der Waals surface area (Å²) in [5.41, 5.74) is -1.75. The molecule has 0 aliphatic carbocycles. The van der Waals surface area contributed by atoms with Crippen molar-refractivity contribution in [1.29, 1.82) is 0 Å². The summed E-state index contributed by atoms with van der Waals surface area (Å²) in [6, 6.07) is 7.70. The third-order valence-electron chi connectivity index (χ3n) is 3.52. The second-order valence-corrected chi connectivity index (χ2v) is 6.34. The molecule has 0 aliphatic rings. The molecule has 0 saturated carbocycles. The first-order valence-electron chi connectivity index (χ1n) is 7.59. The molecule has 0 spiro atoms. The Hall–Kier alpha value is -2.78. The lowest BCUT2D eigenvalue weighted by atomic mass is 10.3. The quantitative estimate of drug-likeness (QED) is 0.500. The lowest BCUT2D eigenvalue weighted by Gasteiger charge is -2.14. The van der Waals surface area contributed by atoms with Gasteiger partial charge in [-0.1, -0.05) is 23.2 Å². The Morgan fingerprint density at radius 2 is 1.71 bits per heavy atom. The zero-order valence-corrected chi connectivity index (χ0v) is 15.2. The Morgan fingerprint density at radius 3 is 2.36 bits per heavy atom. The van der Waals surface area contributed by atoms with E-state index >= 15 is 0 Å². The average Bonchev–Trinajstić information content (AvgIpc) is 3.02. The maximum atomic E-state index is 13.6. The van der Waals surface area contributed by atoms with E-state index in [0.717, 1.165) is 18.3 Å². The van der Waals surface area contributed by atoms with Gasteiger partial charge in [-0.2, -0.15) is 18.3 Å². The number of anilines is 2. The minimum Gasteiger partial charge on any atom is -0.308 e. The fourth-order valence-corrected chi connectivity index (χ4v) is 2.73. The van der Waals surface area contributed by atoms with Crippen LogP contribution in [0.15, 0.2) is 48.7 Å². The third kappa shape index (κ3) is 4.37. The van der Waals surface area contributed by atoms with Gasteiger partial charge in [0, 0.05) is 10.7 Å². The van der Waals surface area contributed by atoms with Crippen LogP contribution in [0.4, 0.5) is 33.7 Å². The van der Waals surface area contributed by atoms with Crippen molar-refractivity contribution in [2.24, 2.45) is 0 Å². The molecule has 28 heavy (non-hydrogen) atoms. The number of benzene rings is 2. The largest absolute Gasteiger partial charge is 0.435 e. The number of hydrogen-bond donors (Lipinski definition) is 2. The molecule has 0 bridgehead atoms. The predicted molar refractivity (Wildman–Crippen MR) is 97.6 cm³/mol. The molecular weight excluding hydrogens is 423 g/mol. The van der Waals surface area contributed by atoms with Crippen molar-refractivity contribution in [3.63, 3.8) is 0 Å². The Kier molecular flexibility index (Phi) is 5.48. The lowest BCUT2D eigenvalue weighted by Crippen LogP contribution is -2.22. The summed E-state index contributed by atoms with van der Waals surface area (Å²) in [5.74, 6) is -0.523. The zero-order valence-electron chi connectivity index (χ0n) is 13.7. The molecule has 2 N–H and O–H groups in total. The van der Waals surface area contributed by atoms with Crippen LogP contribution < -0.4 is 10.6 Å². The van der Waals surface area contributed by atoms with Crippen LogP contribution in [0.3, 0.4) is 0 Å². The Bertz CT molecular complexity index is 1020.